The molecular formula is C31H31N3O3SSi. The fourth-order valence-electron chi connectivity index (χ4n) is 5.67. The molecule has 8 heteroatoms. The fourth-order valence-corrected chi connectivity index (χ4v) is 11.2. The Balaban J connectivity index is 1.18. The highest BCUT2D eigenvalue weighted by Crippen LogP contribution is 2.39. The van der Waals surface area contributed by atoms with Gasteiger partial charge in [0.05, 0.1) is 29.5 Å². The van der Waals surface area contributed by atoms with Crippen molar-refractivity contribution >= 4 is 47.0 Å². The summed E-state index contributed by atoms with van der Waals surface area (Å²) >= 11 is 1.54. The van der Waals surface area contributed by atoms with E-state index in [4.69, 9.17) is 9.41 Å². The van der Waals surface area contributed by atoms with Gasteiger partial charge in [0.2, 0.25) is 0 Å². The van der Waals surface area contributed by atoms with Gasteiger partial charge in [-0.3, -0.25) is 14.5 Å². The molecule has 0 atom stereocenters. The molecule has 1 fully saturated rings. The summed E-state index contributed by atoms with van der Waals surface area (Å²) in [6.45, 7) is 8.57. The second-order valence-electron chi connectivity index (χ2n) is 11.2. The summed E-state index contributed by atoms with van der Waals surface area (Å²) in [5.74, 6) is -0.513. The Bertz CT molecular complexity index is 1440. The van der Waals surface area contributed by atoms with Gasteiger partial charge in [-0.15, -0.1) is 11.3 Å². The third-order valence-corrected chi connectivity index (χ3v) is 13.7. The molecule has 0 unspecified atom stereocenters. The van der Waals surface area contributed by atoms with E-state index in [1.54, 1.807) is 35.6 Å². The van der Waals surface area contributed by atoms with Crippen molar-refractivity contribution in [2.45, 2.75) is 38.5 Å². The lowest BCUT2D eigenvalue weighted by Crippen LogP contribution is -2.70. The lowest BCUT2D eigenvalue weighted by molar-refractivity contribution is 0.0640. The molecule has 1 saturated heterocycles. The average Bonchev–Trinajstić information content (AvgIpc) is 3.47. The number of hydrogen-bond acceptors (Lipinski definition) is 6. The molecule has 2 amide bonds. The van der Waals surface area contributed by atoms with E-state index < -0.39 is 8.32 Å². The predicted molar refractivity (Wildman–Crippen MR) is 157 cm³/mol. The summed E-state index contributed by atoms with van der Waals surface area (Å²) in [5.41, 5.74) is 1.65. The number of amides is 2. The number of fused-ring (bicyclic) bond motifs is 1. The molecule has 6 rings (SSSR count). The maximum atomic E-state index is 12.8. The monoisotopic (exact) mass is 553 g/mol. The summed E-state index contributed by atoms with van der Waals surface area (Å²) < 4.78 is 7.22. The Morgan fingerprint density at radius 1 is 0.846 bits per heavy atom. The minimum Gasteiger partial charge on any atom is -0.401 e. The number of carbonyl (C=O) groups is 2. The standard InChI is InChI=1S/C31H31N3O3SSi/c1-31(2,3)39(24-12-6-4-7-13-24,25-14-8-5-9-15-25)37-23-19-33(20-23)30-32-22(21-38-30)18-34-28(35)26-16-10-11-17-27(26)29(34)36/h4-17,21,23H,18-20H2,1-3H3. The van der Waals surface area contributed by atoms with Crippen molar-refractivity contribution in [3.05, 3.63) is 107 Å². The average molecular weight is 554 g/mol. The largest absolute Gasteiger partial charge is 0.401 e. The molecule has 6 nitrogen and oxygen atoms in total. The number of imide groups is 1. The van der Waals surface area contributed by atoms with Gasteiger partial charge in [-0.25, -0.2) is 4.98 Å². The van der Waals surface area contributed by atoms with E-state index in [1.165, 1.54) is 15.3 Å². The number of thiazole rings is 1. The van der Waals surface area contributed by atoms with Crippen LogP contribution in [0.3, 0.4) is 0 Å². The van der Waals surface area contributed by atoms with Crippen LogP contribution in [0.5, 0.6) is 0 Å². The number of hydrogen-bond donors (Lipinski definition) is 0. The Morgan fingerprint density at radius 3 is 1.87 bits per heavy atom. The van der Waals surface area contributed by atoms with Crippen LogP contribution in [-0.4, -0.2) is 49.2 Å². The lowest BCUT2D eigenvalue weighted by atomic mass is 10.1. The predicted octanol–water partition coefficient (Wildman–Crippen LogP) is 4.70. The van der Waals surface area contributed by atoms with Gasteiger partial charge in [-0.1, -0.05) is 93.6 Å². The van der Waals surface area contributed by atoms with Gasteiger partial charge in [0, 0.05) is 18.5 Å². The van der Waals surface area contributed by atoms with Crippen LogP contribution in [0.25, 0.3) is 0 Å². The number of rotatable bonds is 7. The molecule has 2 aliphatic rings. The number of aromatic nitrogens is 1. The Hall–Kier alpha value is -3.59. The van der Waals surface area contributed by atoms with Gasteiger partial charge in [0.1, 0.15) is 0 Å². The van der Waals surface area contributed by atoms with Gasteiger partial charge >= 0.3 is 0 Å². The van der Waals surface area contributed by atoms with Crippen LogP contribution >= 0.6 is 11.3 Å². The van der Waals surface area contributed by atoms with Crippen LogP contribution in [0.1, 0.15) is 47.2 Å². The van der Waals surface area contributed by atoms with Crippen molar-refractivity contribution in [3.8, 4) is 0 Å². The van der Waals surface area contributed by atoms with Gasteiger partial charge in [-0.2, -0.15) is 0 Å². The third kappa shape index (κ3) is 4.42. The SMILES string of the molecule is CC(C)(C)[Si](OC1CN(c2nc(CN3C(=O)c4ccccc4C3=O)cs2)C1)(c1ccccc1)c1ccccc1. The molecule has 1 aromatic heterocycles. The number of carbonyl (C=O) groups excluding carboxylic acids is 2. The minimum atomic E-state index is -2.60. The first kappa shape index (κ1) is 25.7. The third-order valence-electron chi connectivity index (χ3n) is 7.62. The van der Waals surface area contributed by atoms with Crippen LogP contribution in [-0.2, 0) is 11.0 Å². The van der Waals surface area contributed by atoms with Crippen LogP contribution in [0.4, 0.5) is 5.13 Å². The first-order chi connectivity index (χ1) is 18.8. The summed E-state index contributed by atoms with van der Waals surface area (Å²) in [6, 6.07) is 28.4. The topological polar surface area (TPSA) is 62.7 Å². The van der Waals surface area contributed by atoms with E-state index in [1.807, 2.05) is 5.38 Å². The van der Waals surface area contributed by atoms with Gasteiger partial charge in [0.15, 0.2) is 5.13 Å². The van der Waals surface area contributed by atoms with E-state index in [0.717, 1.165) is 23.9 Å². The second kappa shape index (κ2) is 9.86. The summed E-state index contributed by atoms with van der Waals surface area (Å²) in [4.78, 5) is 33.8. The fraction of sp³-hybridized carbons (Fsp3) is 0.258. The molecule has 0 bridgehead atoms. The molecule has 39 heavy (non-hydrogen) atoms. The van der Waals surface area contributed by atoms with E-state index >= 15 is 0 Å². The summed E-state index contributed by atoms with van der Waals surface area (Å²) in [6.07, 6.45) is 0.0832. The Kier molecular flexibility index (Phi) is 6.49. The smallest absolute Gasteiger partial charge is 0.261 e. The molecule has 0 spiro atoms. The second-order valence-corrected chi connectivity index (χ2v) is 16.3. The van der Waals surface area contributed by atoms with Crippen molar-refractivity contribution in [1.29, 1.82) is 0 Å². The van der Waals surface area contributed by atoms with Crippen LogP contribution in [0.2, 0.25) is 5.04 Å². The summed E-state index contributed by atoms with van der Waals surface area (Å²) in [5, 5.41) is 5.31. The van der Waals surface area contributed by atoms with Gasteiger partial charge < -0.3 is 9.33 Å². The highest BCUT2D eigenvalue weighted by molar-refractivity contribution is 7.13. The molecule has 0 radical (unpaired) electrons. The van der Waals surface area contributed by atoms with Crippen molar-refractivity contribution < 1.29 is 14.0 Å². The molecule has 4 aromatic rings. The van der Waals surface area contributed by atoms with Gasteiger partial charge in [-0.05, 0) is 27.5 Å². The molecule has 0 N–H and O–H groups in total. The molecule has 3 aromatic carbocycles. The van der Waals surface area contributed by atoms with Crippen molar-refractivity contribution in [1.82, 2.24) is 9.88 Å². The highest BCUT2D eigenvalue weighted by atomic mass is 32.1. The quantitative estimate of drug-likeness (QED) is 0.245. The van der Waals surface area contributed by atoms with E-state index in [0.29, 0.717) is 11.1 Å². The minimum absolute atomic E-state index is 0.0726. The number of benzene rings is 3. The van der Waals surface area contributed by atoms with E-state index in [9.17, 15) is 9.59 Å². The van der Waals surface area contributed by atoms with Gasteiger partial charge in [0.25, 0.3) is 20.1 Å². The van der Waals surface area contributed by atoms with Crippen LogP contribution in [0, 0.1) is 0 Å². The Labute approximate surface area is 234 Å². The first-order valence-corrected chi connectivity index (χ1v) is 16.0. The zero-order valence-corrected chi connectivity index (χ0v) is 24.2. The highest BCUT2D eigenvalue weighted by Gasteiger charge is 2.52. The van der Waals surface area contributed by atoms with E-state index in [2.05, 4.69) is 86.3 Å². The van der Waals surface area contributed by atoms with Crippen molar-refractivity contribution in [3.63, 3.8) is 0 Å². The number of anilines is 1. The maximum absolute atomic E-state index is 12.8. The number of nitrogens with zero attached hydrogens (tertiary/aromatic N) is 3. The zero-order valence-electron chi connectivity index (χ0n) is 22.3. The van der Waals surface area contributed by atoms with Crippen LogP contribution < -0.4 is 15.3 Å². The molecule has 2 aliphatic heterocycles. The van der Waals surface area contributed by atoms with Crippen LogP contribution in [0.15, 0.2) is 90.3 Å². The first-order valence-electron chi connectivity index (χ1n) is 13.2. The Morgan fingerprint density at radius 2 is 1.36 bits per heavy atom. The molecule has 198 valence electrons. The van der Waals surface area contributed by atoms with Crippen molar-refractivity contribution in [2.75, 3.05) is 18.0 Å². The molecule has 3 heterocycles. The molecular weight excluding hydrogens is 523 g/mol. The zero-order chi connectivity index (χ0) is 27.2. The molecule has 0 saturated carbocycles. The summed E-state index contributed by atoms with van der Waals surface area (Å²) in [7, 11) is -2.60. The normalized spacial score (nSPS) is 16.0. The van der Waals surface area contributed by atoms with Crippen molar-refractivity contribution in [2.24, 2.45) is 0 Å². The molecule has 0 aliphatic carbocycles. The maximum Gasteiger partial charge on any atom is 0.261 e. The lowest BCUT2D eigenvalue weighted by Gasteiger charge is -2.49. The van der Waals surface area contributed by atoms with E-state index in [-0.39, 0.29) is 29.5 Å².